The van der Waals surface area contributed by atoms with Crippen LogP contribution in [0.4, 0.5) is 11.8 Å². The van der Waals surface area contributed by atoms with E-state index < -0.39 is 6.10 Å². The summed E-state index contributed by atoms with van der Waals surface area (Å²) in [7, 11) is 0. The number of pyridine rings is 1. The molecule has 0 fully saturated rings. The first kappa shape index (κ1) is 19.0. The van der Waals surface area contributed by atoms with Gasteiger partial charge in [-0.2, -0.15) is 9.97 Å². The molecule has 0 aliphatic carbocycles. The number of aromatic nitrogens is 5. The number of nitrogens with zero attached hydrogens (tertiary/aromatic N) is 5. The van der Waals surface area contributed by atoms with E-state index in [9.17, 15) is 5.11 Å². The van der Waals surface area contributed by atoms with Crippen molar-refractivity contribution in [2.45, 2.75) is 58.8 Å². The summed E-state index contributed by atoms with van der Waals surface area (Å²) in [5.74, 6) is 1.15. The predicted octanol–water partition coefficient (Wildman–Crippen LogP) is 2.99. The lowest BCUT2D eigenvalue weighted by Gasteiger charge is -2.20. The molecule has 3 N–H and O–H groups in total. The van der Waals surface area contributed by atoms with Crippen molar-refractivity contribution in [3.8, 4) is 0 Å². The zero-order valence-corrected chi connectivity index (χ0v) is 16.2. The SMILES string of the molecule is CC[C@H](Nc1nc(NCc2ccncc2)c2ncn(C(C)C)c2n1)[C@@H](C)O. The summed E-state index contributed by atoms with van der Waals surface area (Å²) >= 11 is 0. The molecule has 8 nitrogen and oxygen atoms in total. The van der Waals surface area contributed by atoms with E-state index in [0.717, 1.165) is 23.1 Å². The van der Waals surface area contributed by atoms with Gasteiger partial charge >= 0.3 is 0 Å². The molecule has 0 saturated carbocycles. The third-order valence-electron chi connectivity index (χ3n) is 4.52. The summed E-state index contributed by atoms with van der Waals surface area (Å²) < 4.78 is 2.02. The van der Waals surface area contributed by atoms with Gasteiger partial charge in [-0.15, -0.1) is 0 Å². The van der Waals surface area contributed by atoms with Gasteiger partial charge in [0.25, 0.3) is 0 Å². The summed E-state index contributed by atoms with van der Waals surface area (Å²) in [5, 5.41) is 16.6. The Morgan fingerprint density at radius 3 is 2.52 bits per heavy atom. The van der Waals surface area contributed by atoms with E-state index in [1.54, 1.807) is 25.6 Å². The molecule has 8 heteroatoms. The molecule has 0 aliphatic rings. The van der Waals surface area contributed by atoms with Crippen LogP contribution in [0.1, 0.15) is 45.7 Å². The number of hydrogen-bond donors (Lipinski definition) is 3. The molecule has 0 spiro atoms. The molecule has 3 heterocycles. The van der Waals surface area contributed by atoms with Crippen LogP contribution < -0.4 is 10.6 Å². The fourth-order valence-electron chi connectivity index (χ4n) is 2.90. The molecule has 0 aliphatic heterocycles. The Labute approximate surface area is 159 Å². The molecule has 0 unspecified atom stereocenters. The second-order valence-corrected chi connectivity index (χ2v) is 6.92. The Morgan fingerprint density at radius 2 is 1.89 bits per heavy atom. The van der Waals surface area contributed by atoms with Crippen molar-refractivity contribution in [1.29, 1.82) is 0 Å². The Kier molecular flexibility index (Phi) is 5.85. The van der Waals surface area contributed by atoms with Crippen LogP contribution in [-0.4, -0.2) is 41.8 Å². The molecule has 144 valence electrons. The Balaban J connectivity index is 1.96. The fraction of sp³-hybridized carbons (Fsp3) is 0.474. The van der Waals surface area contributed by atoms with E-state index in [-0.39, 0.29) is 12.1 Å². The molecular weight excluding hydrogens is 342 g/mol. The normalized spacial score (nSPS) is 13.7. The van der Waals surface area contributed by atoms with Crippen molar-refractivity contribution in [2.24, 2.45) is 0 Å². The minimum atomic E-state index is -0.502. The van der Waals surface area contributed by atoms with Gasteiger partial charge in [0.2, 0.25) is 5.95 Å². The van der Waals surface area contributed by atoms with Gasteiger partial charge in [-0.05, 0) is 44.9 Å². The molecule has 0 bridgehead atoms. The van der Waals surface area contributed by atoms with E-state index in [1.165, 1.54) is 0 Å². The van der Waals surface area contributed by atoms with E-state index >= 15 is 0 Å². The first-order chi connectivity index (χ1) is 13.0. The van der Waals surface area contributed by atoms with Crippen molar-refractivity contribution >= 4 is 22.9 Å². The number of aliphatic hydroxyl groups is 1. The number of imidazole rings is 1. The molecule has 0 aromatic carbocycles. The van der Waals surface area contributed by atoms with E-state index in [4.69, 9.17) is 0 Å². The summed E-state index contributed by atoms with van der Waals surface area (Å²) in [6, 6.07) is 4.02. The first-order valence-electron chi connectivity index (χ1n) is 9.31. The number of nitrogens with one attached hydrogen (secondary N) is 2. The van der Waals surface area contributed by atoms with Crippen molar-refractivity contribution in [3.05, 3.63) is 36.4 Å². The standard InChI is InChI=1S/C19H27N7O/c1-5-15(13(4)27)23-19-24-17(21-10-14-6-8-20-9-7-14)16-18(25-19)26(11-22-16)12(2)3/h6-9,11-13,15,27H,5,10H2,1-4H3,(H2,21,23,24,25)/t13-,15+/m1/s1. The van der Waals surface area contributed by atoms with Gasteiger partial charge in [-0.3, -0.25) is 4.98 Å². The highest BCUT2D eigenvalue weighted by molar-refractivity contribution is 5.84. The molecule has 3 aromatic heterocycles. The third-order valence-corrected chi connectivity index (χ3v) is 4.52. The van der Waals surface area contributed by atoms with Gasteiger partial charge in [-0.1, -0.05) is 6.92 Å². The zero-order chi connectivity index (χ0) is 19.4. The second-order valence-electron chi connectivity index (χ2n) is 6.92. The van der Waals surface area contributed by atoms with Crippen LogP contribution in [0.3, 0.4) is 0 Å². The second kappa shape index (κ2) is 8.30. The highest BCUT2D eigenvalue weighted by Crippen LogP contribution is 2.24. The monoisotopic (exact) mass is 369 g/mol. The molecule has 0 saturated heterocycles. The minimum absolute atomic E-state index is 0.120. The molecule has 2 atom stereocenters. The first-order valence-corrected chi connectivity index (χ1v) is 9.31. The highest BCUT2D eigenvalue weighted by Gasteiger charge is 2.18. The molecule has 0 amide bonds. The average molecular weight is 369 g/mol. The molecule has 27 heavy (non-hydrogen) atoms. The topological polar surface area (TPSA) is 101 Å². The third kappa shape index (κ3) is 4.33. The quantitative estimate of drug-likeness (QED) is 0.561. The minimum Gasteiger partial charge on any atom is -0.391 e. The van der Waals surface area contributed by atoms with E-state index in [0.29, 0.717) is 18.3 Å². The summed E-state index contributed by atoms with van der Waals surface area (Å²) in [4.78, 5) is 17.8. The van der Waals surface area contributed by atoms with Gasteiger partial charge in [0.1, 0.15) is 0 Å². The lowest BCUT2D eigenvalue weighted by Crippen LogP contribution is -2.31. The largest absolute Gasteiger partial charge is 0.391 e. The van der Waals surface area contributed by atoms with Crippen molar-refractivity contribution < 1.29 is 5.11 Å². The van der Waals surface area contributed by atoms with E-state index in [2.05, 4.69) is 44.4 Å². The van der Waals surface area contributed by atoms with Crippen LogP contribution in [0.15, 0.2) is 30.9 Å². The van der Waals surface area contributed by atoms with Crippen LogP contribution in [0.2, 0.25) is 0 Å². The lowest BCUT2D eigenvalue weighted by molar-refractivity contribution is 0.169. The van der Waals surface area contributed by atoms with E-state index in [1.807, 2.05) is 23.6 Å². The molecular formula is C19H27N7O. The summed E-state index contributed by atoms with van der Waals surface area (Å²) in [6.45, 7) is 8.57. The number of anilines is 2. The zero-order valence-electron chi connectivity index (χ0n) is 16.2. The van der Waals surface area contributed by atoms with Crippen molar-refractivity contribution in [1.82, 2.24) is 24.5 Å². The number of aliphatic hydroxyl groups excluding tert-OH is 1. The van der Waals surface area contributed by atoms with Crippen LogP contribution in [0, 0.1) is 0 Å². The predicted molar refractivity (Wildman–Crippen MR) is 107 cm³/mol. The number of rotatable bonds is 8. The van der Waals surface area contributed by atoms with Crippen LogP contribution in [-0.2, 0) is 6.54 Å². The van der Waals surface area contributed by atoms with Crippen molar-refractivity contribution in [3.63, 3.8) is 0 Å². The average Bonchev–Trinajstić information content (AvgIpc) is 3.09. The Hall–Kier alpha value is -2.74. The lowest BCUT2D eigenvalue weighted by atomic mass is 10.1. The summed E-state index contributed by atoms with van der Waals surface area (Å²) in [5.41, 5.74) is 2.60. The maximum absolute atomic E-state index is 9.95. The fourth-order valence-corrected chi connectivity index (χ4v) is 2.90. The van der Waals surface area contributed by atoms with Gasteiger partial charge in [0.15, 0.2) is 17.0 Å². The molecule has 3 rings (SSSR count). The molecule has 0 radical (unpaired) electrons. The smallest absolute Gasteiger partial charge is 0.227 e. The highest BCUT2D eigenvalue weighted by atomic mass is 16.3. The van der Waals surface area contributed by atoms with Crippen LogP contribution in [0.25, 0.3) is 11.2 Å². The Morgan fingerprint density at radius 1 is 1.15 bits per heavy atom. The summed E-state index contributed by atoms with van der Waals surface area (Å²) in [6.07, 6.45) is 5.58. The maximum atomic E-state index is 9.95. The number of hydrogen-bond acceptors (Lipinski definition) is 7. The van der Waals surface area contributed by atoms with Crippen LogP contribution in [0.5, 0.6) is 0 Å². The maximum Gasteiger partial charge on any atom is 0.227 e. The van der Waals surface area contributed by atoms with Gasteiger partial charge in [0.05, 0.1) is 18.5 Å². The number of fused-ring (bicyclic) bond motifs is 1. The molecule has 3 aromatic rings. The van der Waals surface area contributed by atoms with Gasteiger partial charge in [0, 0.05) is 25.0 Å². The van der Waals surface area contributed by atoms with Crippen LogP contribution >= 0.6 is 0 Å². The Bertz CT molecular complexity index is 876. The van der Waals surface area contributed by atoms with Crippen molar-refractivity contribution in [2.75, 3.05) is 10.6 Å². The van der Waals surface area contributed by atoms with Gasteiger partial charge in [-0.25, -0.2) is 4.98 Å². The van der Waals surface area contributed by atoms with Gasteiger partial charge < -0.3 is 20.3 Å².